The first kappa shape index (κ1) is 13.9. The second-order valence-corrected chi connectivity index (χ2v) is 6.56. The Morgan fingerprint density at radius 3 is 2.72 bits per heavy atom. The fraction of sp³-hybridized carbons (Fsp3) is 0.231. The Morgan fingerprint density at radius 1 is 1.44 bits per heavy atom. The van der Waals surface area contributed by atoms with Crippen molar-refractivity contribution in [3.63, 3.8) is 0 Å². The summed E-state index contributed by atoms with van der Waals surface area (Å²) in [5.41, 5.74) is 8.16. The Kier molecular flexibility index (Phi) is 4.67. The molecule has 0 saturated heterocycles. The summed E-state index contributed by atoms with van der Waals surface area (Å²) in [4.78, 5) is 1.14. The standard InChI is InChI=1S/C13H14BrClN2S/c1-8-4-2-3-5-10(8)17-11(7-16)12-6-9(14)13(15)18-12/h2-6,11,17H,7,16H2,1H3. The fourth-order valence-electron chi connectivity index (χ4n) is 1.70. The van der Waals surface area contributed by atoms with Crippen molar-refractivity contribution in [3.8, 4) is 0 Å². The number of hydrogen-bond acceptors (Lipinski definition) is 3. The Morgan fingerprint density at radius 2 is 2.17 bits per heavy atom. The molecule has 96 valence electrons. The number of para-hydroxylation sites is 1. The summed E-state index contributed by atoms with van der Waals surface area (Å²) in [6.45, 7) is 2.60. The van der Waals surface area contributed by atoms with E-state index < -0.39 is 0 Å². The zero-order chi connectivity index (χ0) is 13.1. The van der Waals surface area contributed by atoms with Gasteiger partial charge in [0.2, 0.25) is 0 Å². The molecule has 0 fully saturated rings. The molecule has 2 aromatic rings. The Bertz CT molecular complexity index is 522. The lowest BCUT2D eigenvalue weighted by Crippen LogP contribution is -2.20. The number of hydrogen-bond donors (Lipinski definition) is 2. The van der Waals surface area contributed by atoms with Crippen LogP contribution in [0.4, 0.5) is 5.69 Å². The number of aryl methyl sites for hydroxylation is 1. The van der Waals surface area contributed by atoms with Crippen LogP contribution in [0.1, 0.15) is 16.5 Å². The third-order valence-corrected chi connectivity index (χ3v) is 5.31. The van der Waals surface area contributed by atoms with Crippen molar-refractivity contribution in [3.05, 3.63) is 49.6 Å². The molecule has 1 heterocycles. The van der Waals surface area contributed by atoms with Crippen LogP contribution in [0.5, 0.6) is 0 Å². The number of halogens is 2. The minimum absolute atomic E-state index is 0.0832. The first-order chi connectivity index (χ1) is 8.61. The van der Waals surface area contributed by atoms with Gasteiger partial charge in [-0.3, -0.25) is 0 Å². The van der Waals surface area contributed by atoms with Gasteiger partial charge in [-0.15, -0.1) is 11.3 Å². The van der Waals surface area contributed by atoms with E-state index in [9.17, 15) is 0 Å². The van der Waals surface area contributed by atoms with Crippen molar-refractivity contribution >= 4 is 44.6 Å². The monoisotopic (exact) mass is 344 g/mol. The summed E-state index contributed by atoms with van der Waals surface area (Å²) in [5, 5.41) is 3.46. The number of nitrogens with two attached hydrogens (primary N) is 1. The summed E-state index contributed by atoms with van der Waals surface area (Å²) in [6.07, 6.45) is 0. The smallest absolute Gasteiger partial charge is 0.107 e. The van der Waals surface area contributed by atoms with Gasteiger partial charge in [0.25, 0.3) is 0 Å². The first-order valence-electron chi connectivity index (χ1n) is 5.58. The summed E-state index contributed by atoms with van der Waals surface area (Å²) in [5.74, 6) is 0. The van der Waals surface area contributed by atoms with E-state index in [2.05, 4.69) is 40.3 Å². The van der Waals surface area contributed by atoms with Crippen LogP contribution >= 0.6 is 38.9 Å². The van der Waals surface area contributed by atoms with Gasteiger partial charge in [0, 0.05) is 21.6 Å². The molecule has 3 N–H and O–H groups in total. The van der Waals surface area contributed by atoms with Gasteiger partial charge in [-0.1, -0.05) is 29.8 Å². The first-order valence-corrected chi connectivity index (χ1v) is 7.57. The van der Waals surface area contributed by atoms with E-state index in [0.717, 1.165) is 19.4 Å². The third kappa shape index (κ3) is 3.06. The minimum atomic E-state index is 0.0832. The van der Waals surface area contributed by atoms with E-state index in [-0.39, 0.29) is 6.04 Å². The Labute approximate surface area is 124 Å². The van der Waals surface area contributed by atoms with Crippen molar-refractivity contribution in [1.82, 2.24) is 0 Å². The molecule has 5 heteroatoms. The van der Waals surface area contributed by atoms with Crippen molar-refractivity contribution in [2.45, 2.75) is 13.0 Å². The highest BCUT2D eigenvalue weighted by molar-refractivity contribution is 9.10. The average molecular weight is 346 g/mol. The van der Waals surface area contributed by atoms with Crippen LogP contribution in [0, 0.1) is 6.92 Å². The highest BCUT2D eigenvalue weighted by atomic mass is 79.9. The van der Waals surface area contributed by atoms with E-state index in [4.69, 9.17) is 17.3 Å². The van der Waals surface area contributed by atoms with Crippen LogP contribution in [-0.2, 0) is 0 Å². The maximum atomic E-state index is 6.07. The van der Waals surface area contributed by atoms with Gasteiger partial charge >= 0.3 is 0 Å². The van der Waals surface area contributed by atoms with Crippen LogP contribution < -0.4 is 11.1 Å². The minimum Gasteiger partial charge on any atom is -0.376 e. The molecule has 1 atom stereocenters. The van der Waals surface area contributed by atoms with E-state index in [1.165, 1.54) is 5.56 Å². The molecule has 1 aromatic heterocycles. The van der Waals surface area contributed by atoms with Gasteiger partial charge < -0.3 is 11.1 Å². The van der Waals surface area contributed by atoms with Crippen LogP contribution in [0.3, 0.4) is 0 Å². The SMILES string of the molecule is Cc1ccccc1NC(CN)c1cc(Br)c(Cl)s1. The molecule has 0 spiro atoms. The molecule has 0 bridgehead atoms. The van der Waals surface area contributed by atoms with Crippen LogP contribution in [0.2, 0.25) is 4.34 Å². The predicted molar refractivity (Wildman–Crippen MR) is 83.6 cm³/mol. The molecule has 0 aliphatic rings. The van der Waals surface area contributed by atoms with Gasteiger partial charge in [-0.05, 0) is 40.5 Å². The predicted octanol–water partition coefficient (Wildman–Crippen LogP) is 4.58. The maximum Gasteiger partial charge on any atom is 0.107 e. The molecular weight excluding hydrogens is 332 g/mol. The van der Waals surface area contributed by atoms with Crippen molar-refractivity contribution in [1.29, 1.82) is 0 Å². The van der Waals surface area contributed by atoms with Gasteiger partial charge in [-0.25, -0.2) is 0 Å². The summed E-state index contributed by atoms with van der Waals surface area (Å²) >= 11 is 11.0. The van der Waals surface area contributed by atoms with E-state index in [1.807, 2.05) is 18.2 Å². The van der Waals surface area contributed by atoms with Crippen molar-refractivity contribution < 1.29 is 0 Å². The number of benzene rings is 1. The quantitative estimate of drug-likeness (QED) is 0.851. The molecule has 0 amide bonds. The molecule has 0 aliphatic heterocycles. The van der Waals surface area contributed by atoms with E-state index in [1.54, 1.807) is 11.3 Å². The number of thiophene rings is 1. The maximum absolute atomic E-state index is 6.07. The molecule has 18 heavy (non-hydrogen) atoms. The summed E-state index contributed by atoms with van der Waals surface area (Å²) in [6, 6.07) is 10.3. The Hall–Kier alpha value is -0.550. The molecule has 1 aromatic carbocycles. The molecule has 0 aliphatic carbocycles. The lowest BCUT2D eigenvalue weighted by molar-refractivity contribution is 0.804. The highest BCUT2D eigenvalue weighted by Gasteiger charge is 2.15. The van der Waals surface area contributed by atoms with Gasteiger partial charge in [0.05, 0.1) is 6.04 Å². The number of nitrogens with one attached hydrogen (secondary N) is 1. The van der Waals surface area contributed by atoms with Gasteiger partial charge in [0.1, 0.15) is 4.34 Å². The van der Waals surface area contributed by atoms with Gasteiger partial charge in [-0.2, -0.15) is 0 Å². The lowest BCUT2D eigenvalue weighted by Gasteiger charge is -2.18. The van der Waals surface area contributed by atoms with Crippen molar-refractivity contribution in [2.75, 3.05) is 11.9 Å². The van der Waals surface area contributed by atoms with E-state index in [0.29, 0.717) is 6.54 Å². The molecule has 0 radical (unpaired) electrons. The number of rotatable bonds is 4. The largest absolute Gasteiger partial charge is 0.376 e. The fourth-order valence-corrected chi connectivity index (χ4v) is 3.50. The van der Waals surface area contributed by atoms with Crippen LogP contribution in [-0.4, -0.2) is 6.54 Å². The number of anilines is 1. The van der Waals surface area contributed by atoms with E-state index >= 15 is 0 Å². The van der Waals surface area contributed by atoms with Crippen LogP contribution in [0.15, 0.2) is 34.8 Å². The van der Waals surface area contributed by atoms with Crippen molar-refractivity contribution in [2.24, 2.45) is 5.73 Å². The van der Waals surface area contributed by atoms with Crippen LogP contribution in [0.25, 0.3) is 0 Å². The second-order valence-electron chi connectivity index (χ2n) is 4.02. The highest BCUT2D eigenvalue weighted by Crippen LogP contribution is 2.36. The molecule has 1 unspecified atom stereocenters. The molecule has 0 saturated carbocycles. The molecular formula is C13H14BrClN2S. The molecule has 2 nitrogen and oxygen atoms in total. The summed E-state index contributed by atoms with van der Waals surface area (Å²) < 4.78 is 1.68. The average Bonchev–Trinajstić information content (AvgIpc) is 2.68. The normalized spacial score (nSPS) is 12.4. The third-order valence-electron chi connectivity index (χ3n) is 2.72. The Balaban J connectivity index is 2.22. The summed E-state index contributed by atoms with van der Waals surface area (Å²) in [7, 11) is 0. The molecule has 2 rings (SSSR count). The lowest BCUT2D eigenvalue weighted by atomic mass is 10.1. The zero-order valence-electron chi connectivity index (χ0n) is 9.91. The second kappa shape index (κ2) is 6.06. The topological polar surface area (TPSA) is 38.0 Å². The zero-order valence-corrected chi connectivity index (χ0v) is 13.1. The van der Waals surface area contributed by atoms with Gasteiger partial charge in [0.15, 0.2) is 0 Å².